The first-order chi connectivity index (χ1) is 13.3. The van der Waals surface area contributed by atoms with Gasteiger partial charge in [0.25, 0.3) is 0 Å². The molecule has 27 heavy (non-hydrogen) atoms. The quantitative estimate of drug-likeness (QED) is 0.732. The van der Waals surface area contributed by atoms with Gasteiger partial charge in [-0.15, -0.1) is 0 Å². The Morgan fingerprint density at radius 3 is 2.70 bits per heavy atom. The molecule has 138 valence electrons. The number of likely N-dealkylation sites (tertiary alicyclic amines) is 1. The van der Waals surface area contributed by atoms with Gasteiger partial charge in [0, 0.05) is 55.1 Å². The van der Waals surface area contributed by atoms with E-state index in [0.29, 0.717) is 18.4 Å². The summed E-state index contributed by atoms with van der Waals surface area (Å²) >= 11 is 0. The molecule has 0 saturated carbocycles. The van der Waals surface area contributed by atoms with E-state index in [1.165, 1.54) is 33.3 Å². The Morgan fingerprint density at radius 1 is 1.04 bits per heavy atom. The maximum atomic E-state index is 12.0. The first-order valence-electron chi connectivity index (χ1n) is 9.94. The standard InChI is InChI=1S/C23H25N3O/c27-23-10-5-11-26(23)15-17-7-2-1-6-16(17)14-24-18-12-20-19-8-3-4-9-21(19)25-22(20)13-18/h1-4,6-9,18,24-25H,5,10-15H2. The summed E-state index contributed by atoms with van der Waals surface area (Å²) in [5.41, 5.74) is 6.67. The van der Waals surface area contributed by atoms with E-state index in [1.54, 1.807) is 0 Å². The van der Waals surface area contributed by atoms with Crippen molar-refractivity contribution < 1.29 is 4.79 Å². The first kappa shape index (κ1) is 16.6. The Labute approximate surface area is 159 Å². The van der Waals surface area contributed by atoms with Gasteiger partial charge in [-0.25, -0.2) is 0 Å². The number of hydrogen-bond donors (Lipinski definition) is 2. The van der Waals surface area contributed by atoms with Gasteiger partial charge in [0.1, 0.15) is 0 Å². The maximum absolute atomic E-state index is 12.0. The van der Waals surface area contributed by atoms with Crippen molar-refractivity contribution in [3.05, 3.63) is 70.9 Å². The van der Waals surface area contributed by atoms with Crippen LogP contribution in [0.5, 0.6) is 0 Å². The second-order valence-electron chi connectivity index (χ2n) is 7.80. The number of nitrogens with zero attached hydrogens (tertiary/aromatic N) is 1. The highest BCUT2D eigenvalue weighted by atomic mass is 16.2. The molecule has 4 nitrogen and oxygen atoms in total. The molecule has 1 unspecified atom stereocenters. The Morgan fingerprint density at radius 2 is 1.85 bits per heavy atom. The van der Waals surface area contributed by atoms with E-state index in [9.17, 15) is 4.79 Å². The van der Waals surface area contributed by atoms with E-state index < -0.39 is 0 Å². The molecule has 2 aliphatic rings. The molecule has 4 heteroatoms. The highest BCUT2D eigenvalue weighted by Gasteiger charge is 2.25. The summed E-state index contributed by atoms with van der Waals surface area (Å²) in [6.07, 6.45) is 3.82. The molecule has 3 aromatic rings. The summed E-state index contributed by atoms with van der Waals surface area (Å²) in [6.45, 7) is 2.49. The largest absolute Gasteiger partial charge is 0.358 e. The summed E-state index contributed by atoms with van der Waals surface area (Å²) in [5.74, 6) is 0.291. The van der Waals surface area contributed by atoms with Crippen molar-refractivity contribution in [1.29, 1.82) is 0 Å². The number of aromatic nitrogens is 1. The van der Waals surface area contributed by atoms with Gasteiger partial charge in [-0.3, -0.25) is 4.79 Å². The van der Waals surface area contributed by atoms with Crippen LogP contribution in [0.4, 0.5) is 0 Å². The summed E-state index contributed by atoms with van der Waals surface area (Å²) in [6, 6.07) is 17.6. The summed E-state index contributed by atoms with van der Waals surface area (Å²) in [5, 5.41) is 5.11. The normalized spacial score (nSPS) is 19.2. The van der Waals surface area contributed by atoms with E-state index >= 15 is 0 Å². The topological polar surface area (TPSA) is 48.1 Å². The number of hydrogen-bond acceptors (Lipinski definition) is 2. The molecule has 0 spiro atoms. The van der Waals surface area contributed by atoms with Gasteiger partial charge in [0.05, 0.1) is 0 Å². The fourth-order valence-corrected chi connectivity index (χ4v) is 4.59. The zero-order valence-electron chi connectivity index (χ0n) is 15.5. The van der Waals surface area contributed by atoms with Crippen LogP contribution in [0.1, 0.15) is 35.2 Å². The van der Waals surface area contributed by atoms with Crippen LogP contribution in [0.15, 0.2) is 48.5 Å². The van der Waals surface area contributed by atoms with Crippen LogP contribution in [0, 0.1) is 0 Å². The monoisotopic (exact) mass is 359 g/mol. The fraction of sp³-hybridized carbons (Fsp3) is 0.348. The van der Waals surface area contributed by atoms with Gasteiger partial charge >= 0.3 is 0 Å². The predicted molar refractivity (Wildman–Crippen MR) is 107 cm³/mol. The lowest BCUT2D eigenvalue weighted by atomic mass is 10.1. The molecule has 1 aliphatic carbocycles. The van der Waals surface area contributed by atoms with Crippen LogP contribution in [-0.2, 0) is 30.7 Å². The number of carbonyl (C=O) groups excluding carboxylic acids is 1. The third kappa shape index (κ3) is 3.15. The average Bonchev–Trinajstić information content (AvgIpc) is 3.36. The second-order valence-corrected chi connectivity index (χ2v) is 7.80. The van der Waals surface area contributed by atoms with Crippen molar-refractivity contribution in [3.8, 4) is 0 Å². The number of carbonyl (C=O) groups is 1. The van der Waals surface area contributed by atoms with E-state index in [2.05, 4.69) is 58.8 Å². The zero-order chi connectivity index (χ0) is 18.2. The number of rotatable bonds is 5. The third-order valence-corrected chi connectivity index (χ3v) is 6.04. The van der Waals surface area contributed by atoms with Crippen molar-refractivity contribution >= 4 is 16.8 Å². The van der Waals surface area contributed by atoms with Crippen molar-refractivity contribution in [2.45, 2.75) is 44.8 Å². The fourth-order valence-electron chi connectivity index (χ4n) is 4.59. The minimum atomic E-state index is 0.291. The van der Waals surface area contributed by atoms with Gasteiger partial charge in [-0.2, -0.15) is 0 Å². The van der Waals surface area contributed by atoms with Gasteiger partial charge in [-0.1, -0.05) is 42.5 Å². The van der Waals surface area contributed by atoms with E-state index in [4.69, 9.17) is 0 Å². The average molecular weight is 359 g/mol. The van der Waals surface area contributed by atoms with Crippen molar-refractivity contribution in [2.75, 3.05) is 6.54 Å². The van der Waals surface area contributed by atoms with E-state index in [-0.39, 0.29) is 0 Å². The Bertz CT molecular complexity index is 990. The Kier molecular flexibility index (Phi) is 4.21. The van der Waals surface area contributed by atoms with Crippen molar-refractivity contribution in [2.24, 2.45) is 0 Å². The van der Waals surface area contributed by atoms with Crippen LogP contribution < -0.4 is 5.32 Å². The van der Waals surface area contributed by atoms with Crippen LogP contribution in [0.2, 0.25) is 0 Å². The number of aromatic amines is 1. The summed E-state index contributed by atoms with van der Waals surface area (Å²) in [4.78, 5) is 17.5. The van der Waals surface area contributed by atoms with Crippen LogP contribution in [-0.4, -0.2) is 28.4 Å². The van der Waals surface area contributed by atoms with Gasteiger partial charge in [0.2, 0.25) is 5.91 Å². The predicted octanol–water partition coefficient (Wildman–Crippen LogP) is 3.55. The minimum absolute atomic E-state index is 0.291. The van der Waals surface area contributed by atoms with Gasteiger partial charge in [-0.05, 0) is 35.6 Å². The number of amides is 1. The molecule has 1 atom stereocenters. The molecule has 2 aromatic carbocycles. The molecule has 5 rings (SSSR count). The molecule has 0 radical (unpaired) electrons. The molecule has 0 bridgehead atoms. The lowest BCUT2D eigenvalue weighted by molar-refractivity contribution is -0.128. The molecule has 1 amide bonds. The number of benzene rings is 2. The highest BCUT2D eigenvalue weighted by molar-refractivity contribution is 5.85. The SMILES string of the molecule is O=C1CCCN1Cc1ccccc1CNC1Cc2[nH]c3ccccc3c2C1. The molecular weight excluding hydrogens is 334 g/mol. The highest BCUT2D eigenvalue weighted by Crippen LogP contribution is 2.30. The number of H-pyrrole nitrogens is 1. The van der Waals surface area contributed by atoms with Gasteiger partial charge in [0.15, 0.2) is 0 Å². The smallest absolute Gasteiger partial charge is 0.222 e. The van der Waals surface area contributed by atoms with E-state index in [1.807, 2.05) is 4.90 Å². The molecule has 2 heterocycles. The minimum Gasteiger partial charge on any atom is -0.358 e. The Balaban J connectivity index is 1.26. The van der Waals surface area contributed by atoms with Gasteiger partial charge < -0.3 is 15.2 Å². The summed E-state index contributed by atoms with van der Waals surface area (Å²) in [7, 11) is 0. The number of para-hydroxylation sites is 1. The number of fused-ring (bicyclic) bond motifs is 3. The zero-order valence-corrected chi connectivity index (χ0v) is 15.5. The first-order valence-corrected chi connectivity index (χ1v) is 9.94. The van der Waals surface area contributed by atoms with Crippen LogP contribution >= 0.6 is 0 Å². The Hall–Kier alpha value is -2.59. The summed E-state index contributed by atoms with van der Waals surface area (Å²) < 4.78 is 0. The van der Waals surface area contributed by atoms with E-state index in [0.717, 1.165) is 38.9 Å². The lowest BCUT2D eigenvalue weighted by Gasteiger charge is -2.19. The second kappa shape index (κ2) is 6.86. The maximum Gasteiger partial charge on any atom is 0.222 e. The van der Waals surface area contributed by atoms with Crippen molar-refractivity contribution in [1.82, 2.24) is 15.2 Å². The van der Waals surface area contributed by atoms with Crippen molar-refractivity contribution in [3.63, 3.8) is 0 Å². The molecule has 1 saturated heterocycles. The molecule has 1 aromatic heterocycles. The van der Waals surface area contributed by atoms with Crippen LogP contribution in [0.25, 0.3) is 10.9 Å². The molecule has 1 fully saturated rings. The molecule has 2 N–H and O–H groups in total. The molecule has 1 aliphatic heterocycles. The number of nitrogens with one attached hydrogen (secondary N) is 2. The molecular formula is C23H25N3O. The lowest BCUT2D eigenvalue weighted by Crippen LogP contribution is -2.30. The third-order valence-electron chi connectivity index (χ3n) is 6.04. The van der Waals surface area contributed by atoms with Crippen LogP contribution in [0.3, 0.4) is 0 Å².